The van der Waals surface area contributed by atoms with Crippen molar-refractivity contribution in [1.29, 1.82) is 0 Å². The van der Waals surface area contributed by atoms with Crippen molar-refractivity contribution in [3.63, 3.8) is 0 Å². The second kappa shape index (κ2) is 7.89. The van der Waals surface area contributed by atoms with Gasteiger partial charge in [-0.1, -0.05) is 17.7 Å². The number of rotatable bonds is 4. The Kier molecular flexibility index (Phi) is 5.93. The first-order valence-electron chi connectivity index (χ1n) is 9.81. The van der Waals surface area contributed by atoms with E-state index in [2.05, 4.69) is 0 Å². The summed E-state index contributed by atoms with van der Waals surface area (Å²) in [6, 6.07) is 3.83. The van der Waals surface area contributed by atoms with Crippen LogP contribution < -0.4 is 5.73 Å². The van der Waals surface area contributed by atoms with Crippen LogP contribution in [0.2, 0.25) is 0 Å². The van der Waals surface area contributed by atoms with E-state index in [1.165, 1.54) is 0 Å². The molecular weight excluding hydrogens is 362 g/mol. The first kappa shape index (κ1) is 20.3. The topological polar surface area (TPSA) is 83.7 Å². The van der Waals surface area contributed by atoms with Crippen molar-refractivity contribution >= 4 is 15.9 Å². The van der Waals surface area contributed by atoms with Crippen molar-refractivity contribution in [1.82, 2.24) is 9.21 Å². The molecule has 1 aromatic carbocycles. The summed E-state index contributed by atoms with van der Waals surface area (Å²) in [5.74, 6) is 0.501. The van der Waals surface area contributed by atoms with Gasteiger partial charge in [0.15, 0.2) is 0 Å². The molecule has 2 saturated heterocycles. The van der Waals surface area contributed by atoms with Crippen molar-refractivity contribution < 1.29 is 13.2 Å². The van der Waals surface area contributed by atoms with Crippen molar-refractivity contribution in [3.05, 3.63) is 28.8 Å². The minimum Gasteiger partial charge on any atom is -0.342 e. The van der Waals surface area contributed by atoms with Gasteiger partial charge in [-0.3, -0.25) is 4.79 Å². The van der Waals surface area contributed by atoms with E-state index < -0.39 is 10.0 Å². The predicted molar refractivity (Wildman–Crippen MR) is 106 cm³/mol. The lowest BCUT2D eigenvalue weighted by Crippen LogP contribution is -2.44. The predicted octanol–water partition coefficient (Wildman–Crippen LogP) is 1.82. The number of carbonyl (C=O) groups excluding carboxylic acids is 1. The maximum Gasteiger partial charge on any atom is 0.243 e. The third-order valence-electron chi connectivity index (χ3n) is 5.94. The molecular formula is C20H31N3O3S. The number of piperidine rings is 1. The van der Waals surface area contributed by atoms with Crippen molar-refractivity contribution in [2.75, 3.05) is 32.7 Å². The summed E-state index contributed by atoms with van der Waals surface area (Å²) in [5.41, 5.74) is 8.36. The van der Waals surface area contributed by atoms with E-state index >= 15 is 0 Å². The highest BCUT2D eigenvalue weighted by Crippen LogP contribution is 2.30. The van der Waals surface area contributed by atoms with Crippen LogP contribution in [0.15, 0.2) is 17.0 Å². The molecule has 2 fully saturated rings. The number of likely N-dealkylation sites (tertiary alicyclic amines) is 1. The van der Waals surface area contributed by atoms with Gasteiger partial charge in [-0.25, -0.2) is 8.42 Å². The Bertz CT molecular complexity index is 791. The van der Waals surface area contributed by atoms with E-state index in [0.29, 0.717) is 43.3 Å². The Morgan fingerprint density at radius 1 is 1.07 bits per heavy atom. The lowest BCUT2D eigenvalue weighted by Gasteiger charge is -2.33. The minimum absolute atomic E-state index is 0.0758. The SMILES string of the molecule is Cc1cc(C)c(S(=O)(=O)N2CCC(C(=O)N3CCC(CN)C3)CC2)c(C)c1. The molecule has 150 valence electrons. The number of nitrogens with zero attached hydrogens (tertiary/aromatic N) is 2. The molecule has 1 unspecified atom stereocenters. The van der Waals surface area contributed by atoms with Crippen LogP contribution in [0.25, 0.3) is 0 Å². The van der Waals surface area contributed by atoms with E-state index in [0.717, 1.165) is 36.2 Å². The number of aryl methyl sites for hydroxylation is 3. The average Bonchev–Trinajstić information content (AvgIpc) is 3.09. The summed E-state index contributed by atoms with van der Waals surface area (Å²) in [6.45, 7) is 8.63. The molecule has 0 aromatic heterocycles. The summed E-state index contributed by atoms with van der Waals surface area (Å²) in [7, 11) is -3.53. The van der Waals surface area contributed by atoms with Gasteiger partial charge in [0.1, 0.15) is 0 Å². The Labute approximate surface area is 162 Å². The summed E-state index contributed by atoms with van der Waals surface area (Å²) < 4.78 is 27.9. The molecule has 3 rings (SSSR count). The maximum absolute atomic E-state index is 13.2. The number of sulfonamides is 1. The van der Waals surface area contributed by atoms with E-state index in [4.69, 9.17) is 5.73 Å². The van der Waals surface area contributed by atoms with Crippen LogP contribution in [0.3, 0.4) is 0 Å². The van der Waals surface area contributed by atoms with Crippen molar-refractivity contribution in [3.8, 4) is 0 Å². The molecule has 2 N–H and O–H groups in total. The summed E-state index contributed by atoms with van der Waals surface area (Å²) in [6.07, 6.45) is 2.15. The highest BCUT2D eigenvalue weighted by molar-refractivity contribution is 7.89. The molecule has 0 radical (unpaired) electrons. The monoisotopic (exact) mass is 393 g/mol. The van der Waals surface area contributed by atoms with Gasteiger partial charge in [0.25, 0.3) is 0 Å². The molecule has 2 heterocycles. The fourth-order valence-electron chi connectivity index (χ4n) is 4.53. The van der Waals surface area contributed by atoms with Crippen molar-refractivity contribution in [2.24, 2.45) is 17.6 Å². The molecule has 27 heavy (non-hydrogen) atoms. The number of benzene rings is 1. The molecule has 0 aliphatic carbocycles. The Morgan fingerprint density at radius 3 is 2.19 bits per heavy atom. The second-order valence-corrected chi connectivity index (χ2v) is 9.96. The highest BCUT2D eigenvalue weighted by atomic mass is 32.2. The number of amides is 1. The molecule has 7 heteroatoms. The fraction of sp³-hybridized carbons (Fsp3) is 0.650. The average molecular weight is 394 g/mol. The quantitative estimate of drug-likeness (QED) is 0.846. The molecule has 6 nitrogen and oxygen atoms in total. The Morgan fingerprint density at radius 2 is 1.67 bits per heavy atom. The Hall–Kier alpha value is -1.44. The molecule has 1 amide bonds. The lowest BCUT2D eigenvalue weighted by atomic mass is 9.96. The van der Waals surface area contributed by atoms with Gasteiger partial charge >= 0.3 is 0 Å². The largest absolute Gasteiger partial charge is 0.342 e. The molecule has 1 atom stereocenters. The third-order valence-corrected chi connectivity index (χ3v) is 8.14. The van der Waals surface area contributed by atoms with Crippen LogP contribution in [0.4, 0.5) is 0 Å². The smallest absolute Gasteiger partial charge is 0.243 e. The zero-order chi connectivity index (χ0) is 19.8. The van der Waals surface area contributed by atoms with E-state index in [1.54, 1.807) is 4.31 Å². The first-order chi connectivity index (χ1) is 12.7. The number of hydrogen-bond donors (Lipinski definition) is 1. The van der Waals surface area contributed by atoms with E-state index in [-0.39, 0.29) is 11.8 Å². The zero-order valence-corrected chi connectivity index (χ0v) is 17.4. The fourth-order valence-corrected chi connectivity index (χ4v) is 6.41. The Balaban J connectivity index is 1.68. The van der Waals surface area contributed by atoms with Crippen LogP contribution in [-0.4, -0.2) is 56.3 Å². The standard InChI is InChI=1S/C20H31N3O3S/c1-14-10-15(2)19(16(3)11-14)27(25,26)23-8-5-18(6-9-23)20(24)22-7-4-17(12-21)13-22/h10-11,17-18H,4-9,12-13,21H2,1-3H3. The number of hydrogen-bond acceptors (Lipinski definition) is 4. The van der Waals surface area contributed by atoms with Gasteiger partial charge < -0.3 is 10.6 Å². The molecule has 0 saturated carbocycles. The number of nitrogens with two attached hydrogens (primary N) is 1. The van der Waals surface area contributed by atoms with Gasteiger partial charge in [0.05, 0.1) is 4.90 Å². The van der Waals surface area contributed by atoms with Crippen LogP contribution in [0.1, 0.15) is 36.0 Å². The first-order valence-corrected chi connectivity index (χ1v) is 11.2. The molecule has 0 spiro atoms. The summed E-state index contributed by atoms with van der Waals surface area (Å²) in [4.78, 5) is 15.1. The number of carbonyl (C=O) groups is 1. The normalized spacial score (nSPS) is 22.4. The molecule has 2 aliphatic rings. The van der Waals surface area contributed by atoms with Crippen LogP contribution in [0.5, 0.6) is 0 Å². The van der Waals surface area contributed by atoms with Crippen molar-refractivity contribution in [2.45, 2.75) is 44.9 Å². The zero-order valence-electron chi connectivity index (χ0n) is 16.6. The van der Waals surface area contributed by atoms with Crippen LogP contribution >= 0.6 is 0 Å². The van der Waals surface area contributed by atoms with Crippen LogP contribution in [-0.2, 0) is 14.8 Å². The van der Waals surface area contributed by atoms with Gasteiger partial charge in [0.2, 0.25) is 15.9 Å². The van der Waals surface area contributed by atoms with Gasteiger partial charge in [0, 0.05) is 32.1 Å². The van der Waals surface area contributed by atoms with Gasteiger partial charge in [-0.2, -0.15) is 4.31 Å². The molecule has 1 aromatic rings. The summed E-state index contributed by atoms with van der Waals surface area (Å²) >= 11 is 0. The lowest BCUT2D eigenvalue weighted by molar-refractivity contribution is -0.135. The van der Waals surface area contributed by atoms with E-state index in [9.17, 15) is 13.2 Å². The maximum atomic E-state index is 13.2. The minimum atomic E-state index is -3.53. The van der Waals surface area contributed by atoms with Crippen LogP contribution in [0, 0.1) is 32.6 Å². The molecule has 0 bridgehead atoms. The van der Waals surface area contributed by atoms with E-state index in [1.807, 2.05) is 37.8 Å². The molecule has 2 aliphatic heterocycles. The highest BCUT2D eigenvalue weighted by Gasteiger charge is 2.36. The second-order valence-electron chi connectivity index (χ2n) is 8.08. The van der Waals surface area contributed by atoms with Gasteiger partial charge in [-0.05, 0) is 63.6 Å². The third kappa shape index (κ3) is 4.05. The summed E-state index contributed by atoms with van der Waals surface area (Å²) in [5, 5.41) is 0. The van der Waals surface area contributed by atoms with Gasteiger partial charge in [-0.15, -0.1) is 0 Å².